The summed E-state index contributed by atoms with van der Waals surface area (Å²) in [6, 6.07) is 5.41. The number of carboxylic acids is 1. The average molecular weight is 292 g/mol. The van der Waals surface area contributed by atoms with Crippen LogP contribution in [0.15, 0.2) is 33.7 Å². The number of thioether (sulfide) groups is 1. The summed E-state index contributed by atoms with van der Waals surface area (Å²) in [5.74, 6) is 1.15. The number of hydrogen-bond acceptors (Lipinski definition) is 5. The number of aromatic nitrogens is 1. The van der Waals surface area contributed by atoms with Gasteiger partial charge in [-0.25, -0.2) is 9.78 Å². The molecule has 0 saturated heterocycles. The van der Waals surface area contributed by atoms with Crippen LogP contribution in [0.4, 0.5) is 5.69 Å². The van der Waals surface area contributed by atoms with Gasteiger partial charge in [0, 0.05) is 4.90 Å². The molecule has 106 valence electrons. The van der Waals surface area contributed by atoms with Crippen LogP contribution in [-0.2, 0) is 6.54 Å². The van der Waals surface area contributed by atoms with E-state index in [-0.39, 0.29) is 0 Å². The molecular weight excluding hydrogens is 276 g/mol. The topological polar surface area (TPSA) is 75.4 Å². The SMILES string of the molecule is CCSc1cccc(NCc2ncc(C)o2)c1C(=O)O. The molecule has 2 N–H and O–H groups in total. The largest absolute Gasteiger partial charge is 0.478 e. The van der Waals surface area contributed by atoms with Crippen molar-refractivity contribution < 1.29 is 14.3 Å². The molecule has 0 fully saturated rings. The van der Waals surface area contributed by atoms with Crippen LogP contribution in [0.5, 0.6) is 0 Å². The standard InChI is InChI=1S/C14H16N2O3S/c1-3-20-11-6-4-5-10(13(11)14(17)18)15-8-12-16-7-9(2)19-12/h4-7,15H,3,8H2,1-2H3,(H,17,18). The Bertz CT molecular complexity index is 610. The summed E-state index contributed by atoms with van der Waals surface area (Å²) in [4.78, 5) is 16.3. The van der Waals surface area contributed by atoms with E-state index < -0.39 is 5.97 Å². The molecule has 0 atom stereocenters. The molecule has 0 radical (unpaired) electrons. The minimum absolute atomic E-state index is 0.294. The summed E-state index contributed by atoms with van der Waals surface area (Å²) >= 11 is 1.51. The van der Waals surface area contributed by atoms with Crippen molar-refractivity contribution in [3.05, 3.63) is 41.6 Å². The van der Waals surface area contributed by atoms with Crippen LogP contribution in [0.3, 0.4) is 0 Å². The fraction of sp³-hybridized carbons (Fsp3) is 0.286. The molecule has 0 aliphatic rings. The maximum absolute atomic E-state index is 11.4. The number of nitrogens with zero attached hydrogens (tertiary/aromatic N) is 1. The normalized spacial score (nSPS) is 10.5. The van der Waals surface area contributed by atoms with Crippen molar-refractivity contribution >= 4 is 23.4 Å². The van der Waals surface area contributed by atoms with E-state index in [4.69, 9.17) is 4.42 Å². The number of aryl methyl sites for hydroxylation is 1. The third-order valence-electron chi connectivity index (χ3n) is 2.64. The van der Waals surface area contributed by atoms with Crippen molar-refractivity contribution in [1.29, 1.82) is 0 Å². The van der Waals surface area contributed by atoms with Crippen molar-refractivity contribution in [3.8, 4) is 0 Å². The quantitative estimate of drug-likeness (QED) is 0.795. The van der Waals surface area contributed by atoms with Crippen LogP contribution in [0.25, 0.3) is 0 Å². The Morgan fingerprint density at radius 3 is 2.90 bits per heavy atom. The summed E-state index contributed by atoms with van der Waals surface area (Å²) in [6.45, 7) is 4.16. The first-order valence-electron chi connectivity index (χ1n) is 6.26. The highest BCUT2D eigenvalue weighted by atomic mass is 32.2. The molecule has 0 saturated carbocycles. The van der Waals surface area contributed by atoms with Crippen LogP contribution in [0.2, 0.25) is 0 Å². The van der Waals surface area contributed by atoms with Crippen LogP contribution in [0.1, 0.15) is 28.9 Å². The molecule has 0 spiro atoms. The number of nitrogens with one attached hydrogen (secondary N) is 1. The fourth-order valence-electron chi connectivity index (χ4n) is 1.83. The second-order valence-electron chi connectivity index (χ2n) is 4.14. The molecule has 2 rings (SSSR count). The summed E-state index contributed by atoms with van der Waals surface area (Å²) in [5, 5.41) is 12.5. The zero-order valence-corrected chi connectivity index (χ0v) is 12.2. The molecule has 20 heavy (non-hydrogen) atoms. The first-order chi connectivity index (χ1) is 9.61. The molecule has 0 unspecified atom stereocenters. The number of benzene rings is 1. The van der Waals surface area contributed by atoms with E-state index >= 15 is 0 Å². The Morgan fingerprint density at radius 2 is 2.30 bits per heavy atom. The highest BCUT2D eigenvalue weighted by Crippen LogP contribution is 2.28. The third kappa shape index (κ3) is 3.33. The highest BCUT2D eigenvalue weighted by molar-refractivity contribution is 7.99. The molecule has 6 heteroatoms. The number of oxazole rings is 1. The van der Waals surface area contributed by atoms with Gasteiger partial charge in [0.25, 0.3) is 0 Å². The van der Waals surface area contributed by atoms with Crippen molar-refractivity contribution in [2.24, 2.45) is 0 Å². The smallest absolute Gasteiger partial charge is 0.338 e. The van der Waals surface area contributed by atoms with Gasteiger partial charge in [-0.3, -0.25) is 0 Å². The zero-order chi connectivity index (χ0) is 14.5. The van der Waals surface area contributed by atoms with Gasteiger partial charge in [-0.2, -0.15) is 0 Å². The molecule has 2 aromatic rings. The van der Waals surface area contributed by atoms with E-state index in [9.17, 15) is 9.90 Å². The minimum atomic E-state index is -0.937. The van der Waals surface area contributed by atoms with Gasteiger partial charge in [-0.05, 0) is 24.8 Å². The molecular formula is C14H16N2O3S. The van der Waals surface area contributed by atoms with Crippen LogP contribution < -0.4 is 5.32 Å². The van der Waals surface area contributed by atoms with E-state index in [2.05, 4.69) is 10.3 Å². The van der Waals surface area contributed by atoms with E-state index in [1.807, 2.05) is 26.0 Å². The average Bonchev–Trinajstić information content (AvgIpc) is 2.82. The van der Waals surface area contributed by atoms with Gasteiger partial charge in [0.1, 0.15) is 5.76 Å². The van der Waals surface area contributed by atoms with Gasteiger partial charge in [-0.15, -0.1) is 11.8 Å². The van der Waals surface area contributed by atoms with Crippen molar-refractivity contribution in [3.63, 3.8) is 0 Å². The monoisotopic (exact) mass is 292 g/mol. The van der Waals surface area contributed by atoms with Gasteiger partial charge in [-0.1, -0.05) is 13.0 Å². The summed E-state index contributed by atoms with van der Waals surface area (Å²) < 4.78 is 5.36. The van der Waals surface area contributed by atoms with Gasteiger partial charge in [0.15, 0.2) is 0 Å². The van der Waals surface area contributed by atoms with Crippen LogP contribution in [0, 0.1) is 6.92 Å². The van der Waals surface area contributed by atoms with Crippen molar-refractivity contribution in [1.82, 2.24) is 4.98 Å². The Hall–Kier alpha value is -1.95. The molecule has 1 aromatic carbocycles. The van der Waals surface area contributed by atoms with Gasteiger partial charge in [0.05, 0.1) is 24.0 Å². The molecule has 1 heterocycles. The number of anilines is 1. The second-order valence-corrected chi connectivity index (χ2v) is 5.44. The Kier molecular flexibility index (Phi) is 4.68. The van der Waals surface area contributed by atoms with Crippen molar-refractivity contribution in [2.45, 2.75) is 25.3 Å². The minimum Gasteiger partial charge on any atom is -0.478 e. The number of carbonyl (C=O) groups is 1. The number of aromatic carboxylic acids is 1. The lowest BCUT2D eigenvalue weighted by molar-refractivity contribution is 0.0694. The van der Waals surface area contributed by atoms with Crippen LogP contribution in [-0.4, -0.2) is 21.8 Å². The lowest BCUT2D eigenvalue weighted by Crippen LogP contribution is -2.08. The molecule has 0 amide bonds. The van der Waals surface area contributed by atoms with Gasteiger partial charge >= 0.3 is 5.97 Å². The van der Waals surface area contributed by atoms with Gasteiger partial charge in [0.2, 0.25) is 5.89 Å². The van der Waals surface area contributed by atoms with Crippen LogP contribution >= 0.6 is 11.8 Å². The predicted octanol–water partition coefficient (Wildman–Crippen LogP) is 3.41. The maximum atomic E-state index is 11.4. The van der Waals surface area contributed by atoms with E-state index in [1.165, 1.54) is 11.8 Å². The molecule has 5 nitrogen and oxygen atoms in total. The predicted molar refractivity (Wildman–Crippen MR) is 78.4 cm³/mol. The van der Waals surface area contributed by atoms with Crippen molar-refractivity contribution in [2.75, 3.05) is 11.1 Å². The third-order valence-corrected chi connectivity index (χ3v) is 3.58. The highest BCUT2D eigenvalue weighted by Gasteiger charge is 2.15. The Morgan fingerprint density at radius 1 is 1.50 bits per heavy atom. The van der Waals surface area contributed by atoms with E-state index in [0.29, 0.717) is 23.7 Å². The number of hydrogen-bond donors (Lipinski definition) is 2. The lowest BCUT2D eigenvalue weighted by atomic mass is 10.2. The first kappa shape index (κ1) is 14.5. The molecule has 0 bridgehead atoms. The fourth-order valence-corrected chi connectivity index (χ4v) is 2.66. The first-order valence-corrected chi connectivity index (χ1v) is 7.24. The number of carboxylic acid groups (broad SMARTS) is 1. The summed E-state index contributed by atoms with van der Waals surface area (Å²) in [6.07, 6.45) is 1.64. The summed E-state index contributed by atoms with van der Waals surface area (Å²) in [5.41, 5.74) is 0.870. The summed E-state index contributed by atoms with van der Waals surface area (Å²) in [7, 11) is 0. The molecule has 0 aliphatic carbocycles. The van der Waals surface area contributed by atoms with E-state index in [1.54, 1.807) is 12.3 Å². The number of rotatable bonds is 6. The Labute approximate surface area is 121 Å². The second kappa shape index (κ2) is 6.47. The van der Waals surface area contributed by atoms with E-state index in [0.717, 1.165) is 16.4 Å². The Balaban J connectivity index is 2.22. The lowest BCUT2D eigenvalue weighted by Gasteiger charge is -2.11. The zero-order valence-electron chi connectivity index (χ0n) is 11.3. The van der Waals surface area contributed by atoms with Gasteiger partial charge < -0.3 is 14.8 Å². The molecule has 0 aliphatic heterocycles. The molecule has 1 aromatic heterocycles. The maximum Gasteiger partial charge on any atom is 0.338 e.